The molecule has 0 fully saturated rings. The second-order valence-corrected chi connectivity index (χ2v) is 1.81. The largest absolute Gasteiger partial charge is 0.862 e. The van der Waals surface area contributed by atoms with Crippen molar-refractivity contribution in [3.05, 3.63) is 35.2 Å². The molecule has 11 heavy (non-hydrogen) atoms. The van der Waals surface area contributed by atoms with E-state index in [0.717, 1.165) is 12.0 Å². The van der Waals surface area contributed by atoms with Gasteiger partial charge in [-0.25, -0.2) is 0 Å². The van der Waals surface area contributed by atoms with E-state index in [9.17, 15) is 0 Å². The van der Waals surface area contributed by atoms with Crippen LogP contribution in [0.25, 0.3) is 5.41 Å². The first-order chi connectivity index (χ1) is 4.86. The summed E-state index contributed by atoms with van der Waals surface area (Å²) in [6.45, 7) is 0. The molecular weight excluding hydrogens is 215 g/mol. The van der Waals surface area contributed by atoms with Crippen molar-refractivity contribution >= 4 is 6.21 Å². The van der Waals surface area contributed by atoms with E-state index >= 15 is 0 Å². The Bertz CT molecular complexity index is 220. The van der Waals surface area contributed by atoms with Crippen LogP contribution in [0.2, 0.25) is 0 Å². The first-order valence-corrected chi connectivity index (χ1v) is 2.90. The molecule has 0 heterocycles. The molecule has 1 aromatic carbocycles. The second-order valence-electron chi connectivity index (χ2n) is 1.81. The van der Waals surface area contributed by atoms with Crippen LogP contribution in [-0.4, -0.2) is 13.3 Å². The SMILES string of the molecule is COc1c[c-]c(C=[N-])cc1.[Y]. The molecule has 2 nitrogen and oxygen atoms in total. The Hall–Kier alpha value is -0.206. The maximum Gasteiger partial charge on any atom is 0.0647 e. The molecule has 0 N–H and O–H groups in total. The predicted octanol–water partition coefficient (Wildman–Crippen LogP) is 1.48. The van der Waals surface area contributed by atoms with Gasteiger partial charge in [0.25, 0.3) is 0 Å². The third-order valence-corrected chi connectivity index (χ3v) is 1.18. The van der Waals surface area contributed by atoms with E-state index in [2.05, 4.69) is 6.07 Å². The predicted molar refractivity (Wildman–Crippen MR) is 40.4 cm³/mol. The van der Waals surface area contributed by atoms with E-state index < -0.39 is 0 Å². The van der Waals surface area contributed by atoms with Gasteiger partial charge in [0.1, 0.15) is 0 Å². The first-order valence-electron chi connectivity index (χ1n) is 2.90. The van der Waals surface area contributed by atoms with Crippen molar-refractivity contribution in [3.63, 3.8) is 0 Å². The maximum absolute atomic E-state index is 8.50. The Kier molecular flexibility index (Phi) is 5.34. The minimum atomic E-state index is 0. The van der Waals surface area contributed by atoms with Crippen molar-refractivity contribution in [2.45, 2.75) is 0 Å². The Labute approximate surface area is 91.3 Å². The molecule has 0 aromatic heterocycles. The molecule has 0 saturated heterocycles. The molecule has 0 aliphatic heterocycles. The Morgan fingerprint density at radius 3 is 2.64 bits per heavy atom. The minimum Gasteiger partial charge on any atom is -0.862 e. The van der Waals surface area contributed by atoms with Crippen LogP contribution in [0.1, 0.15) is 5.56 Å². The summed E-state index contributed by atoms with van der Waals surface area (Å²) in [7, 11) is 1.59. The summed E-state index contributed by atoms with van der Waals surface area (Å²) in [6.07, 6.45) is 0.999. The quantitative estimate of drug-likeness (QED) is 0.550. The molecule has 0 aliphatic rings. The summed E-state index contributed by atoms with van der Waals surface area (Å²) in [6, 6.07) is 7.96. The van der Waals surface area contributed by atoms with Crippen LogP contribution in [0, 0.1) is 6.07 Å². The van der Waals surface area contributed by atoms with Crippen LogP contribution in [0.4, 0.5) is 0 Å². The fourth-order valence-corrected chi connectivity index (χ4v) is 0.630. The molecule has 0 amide bonds. The Morgan fingerprint density at radius 1 is 1.55 bits per heavy atom. The number of hydrogen-bond donors (Lipinski definition) is 0. The molecule has 0 aliphatic carbocycles. The van der Waals surface area contributed by atoms with Gasteiger partial charge in [-0.2, -0.15) is 5.56 Å². The van der Waals surface area contributed by atoms with Crippen LogP contribution < -0.4 is 4.74 Å². The van der Waals surface area contributed by atoms with Gasteiger partial charge in [0.15, 0.2) is 0 Å². The monoisotopic (exact) mass is 222 g/mol. The van der Waals surface area contributed by atoms with Gasteiger partial charge in [0.2, 0.25) is 0 Å². The van der Waals surface area contributed by atoms with E-state index in [-0.39, 0.29) is 32.7 Å². The molecule has 0 atom stereocenters. The van der Waals surface area contributed by atoms with E-state index in [0.29, 0.717) is 5.56 Å². The van der Waals surface area contributed by atoms with Gasteiger partial charge in [0.05, 0.1) is 7.11 Å². The molecule has 0 unspecified atom stereocenters. The average molecular weight is 222 g/mol. The summed E-state index contributed by atoms with van der Waals surface area (Å²) in [5.41, 5.74) is 0.654. The van der Waals surface area contributed by atoms with Crippen molar-refractivity contribution in [2.75, 3.05) is 7.11 Å². The molecule has 3 heteroatoms. The van der Waals surface area contributed by atoms with Crippen LogP contribution in [0.5, 0.6) is 5.75 Å². The number of nitrogens with zero attached hydrogens (tertiary/aromatic N) is 1. The second kappa shape index (κ2) is 5.45. The smallest absolute Gasteiger partial charge is 0.0647 e. The normalized spacial score (nSPS) is 8.09. The molecule has 1 aromatic rings. The zero-order valence-corrected chi connectivity index (χ0v) is 9.08. The van der Waals surface area contributed by atoms with Gasteiger partial charge in [-0.05, 0) is 0 Å². The van der Waals surface area contributed by atoms with E-state index in [1.165, 1.54) is 0 Å². The number of methoxy groups -OCH3 is 1. The first kappa shape index (κ1) is 10.8. The Morgan fingerprint density at radius 2 is 2.27 bits per heavy atom. The van der Waals surface area contributed by atoms with Gasteiger partial charge in [-0.15, -0.1) is 24.3 Å². The summed E-state index contributed by atoms with van der Waals surface area (Å²) in [5.74, 6) is 0.741. The summed E-state index contributed by atoms with van der Waals surface area (Å²) in [4.78, 5) is 0. The number of benzene rings is 1. The van der Waals surface area contributed by atoms with Crippen LogP contribution in [0.3, 0.4) is 0 Å². The fraction of sp³-hybridized carbons (Fsp3) is 0.125. The molecule has 0 bridgehead atoms. The number of rotatable bonds is 2. The summed E-state index contributed by atoms with van der Waals surface area (Å²) < 4.78 is 4.89. The van der Waals surface area contributed by atoms with E-state index in [1.54, 1.807) is 25.3 Å². The van der Waals surface area contributed by atoms with Crippen molar-refractivity contribution in [1.82, 2.24) is 0 Å². The molecular formula is C8H7NOY-2. The average Bonchev–Trinajstić information content (AvgIpc) is 2.05. The van der Waals surface area contributed by atoms with Crippen molar-refractivity contribution < 1.29 is 37.4 Å². The van der Waals surface area contributed by atoms with Crippen molar-refractivity contribution in [3.8, 4) is 5.75 Å². The number of ether oxygens (including phenoxy) is 1. The van der Waals surface area contributed by atoms with E-state index in [4.69, 9.17) is 10.1 Å². The van der Waals surface area contributed by atoms with Crippen LogP contribution in [0.15, 0.2) is 18.2 Å². The maximum atomic E-state index is 8.50. The third-order valence-electron chi connectivity index (χ3n) is 1.18. The van der Waals surface area contributed by atoms with E-state index in [1.807, 2.05) is 0 Å². The molecule has 0 spiro atoms. The van der Waals surface area contributed by atoms with Gasteiger partial charge >= 0.3 is 0 Å². The van der Waals surface area contributed by atoms with Gasteiger partial charge < -0.3 is 10.1 Å². The fourth-order valence-electron chi connectivity index (χ4n) is 0.630. The topological polar surface area (TPSA) is 31.5 Å². The van der Waals surface area contributed by atoms with Crippen LogP contribution >= 0.6 is 0 Å². The summed E-state index contributed by atoms with van der Waals surface area (Å²) >= 11 is 0. The molecule has 0 saturated carbocycles. The number of hydrogen-bond acceptors (Lipinski definition) is 1. The standard InChI is InChI=1S/C8H7NO.Y/c1-10-8-4-2-7(6-9)3-5-8;/h2,4-6H,1H3;/q-2;. The zero-order chi connectivity index (χ0) is 7.40. The molecule has 55 valence electrons. The van der Waals surface area contributed by atoms with Crippen molar-refractivity contribution in [2.24, 2.45) is 0 Å². The van der Waals surface area contributed by atoms with Gasteiger partial charge in [-0.1, -0.05) is 0 Å². The molecule has 1 radical (unpaired) electrons. The third kappa shape index (κ3) is 3.13. The Balaban J connectivity index is 0.000001000. The molecule has 1 rings (SSSR count). The van der Waals surface area contributed by atoms with Crippen molar-refractivity contribution in [1.29, 1.82) is 0 Å². The van der Waals surface area contributed by atoms with Gasteiger partial charge in [0, 0.05) is 38.5 Å². The van der Waals surface area contributed by atoms with Crippen LogP contribution in [-0.2, 0) is 32.7 Å². The summed E-state index contributed by atoms with van der Waals surface area (Å²) in [5, 5.41) is 8.50. The van der Waals surface area contributed by atoms with Gasteiger partial charge in [-0.3, -0.25) is 6.21 Å². The minimum absolute atomic E-state index is 0. The zero-order valence-electron chi connectivity index (χ0n) is 6.24.